The molecule has 1 heterocycles. The molecule has 134 valence electrons. The quantitative estimate of drug-likeness (QED) is 0.533. The van der Waals surface area contributed by atoms with E-state index >= 15 is 0 Å². The van der Waals surface area contributed by atoms with Gasteiger partial charge in [-0.25, -0.2) is 9.37 Å². The third-order valence-corrected chi connectivity index (χ3v) is 4.32. The molecule has 0 bridgehead atoms. The molecule has 0 aliphatic heterocycles. The van der Waals surface area contributed by atoms with Crippen molar-refractivity contribution in [2.45, 2.75) is 37.0 Å². The summed E-state index contributed by atoms with van der Waals surface area (Å²) in [6.45, 7) is 5.25. The van der Waals surface area contributed by atoms with Gasteiger partial charge in [-0.05, 0) is 49.2 Å². The number of ether oxygens (including phenoxy) is 1. The van der Waals surface area contributed by atoms with Gasteiger partial charge in [-0.2, -0.15) is 0 Å². The number of aromatic nitrogens is 1. The van der Waals surface area contributed by atoms with Gasteiger partial charge in [-0.1, -0.05) is 13.8 Å². The largest absolute Gasteiger partial charge is 0.494 e. The number of amides is 1. The standard InChI is InChI=1S/C19H23FN2O2S/c1-14(2)25-19-17(6-5-12-22-19)18(23)21-11-3-4-13-24-16-9-7-15(20)8-10-16/h5-10,12,14H,3-4,11,13H2,1-2H3,(H,21,23). The average molecular weight is 362 g/mol. The molecular formula is C19H23FN2O2S. The molecule has 6 heteroatoms. The van der Waals surface area contributed by atoms with Crippen LogP contribution >= 0.6 is 11.8 Å². The Kier molecular flexibility index (Phi) is 7.73. The zero-order chi connectivity index (χ0) is 18.1. The average Bonchev–Trinajstić information content (AvgIpc) is 2.59. The fourth-order valence-electron chi connectivity index (χ4n) is 2.13. The number of rotatable bonds is 9. The topological polar surface area (TPSA) is 51.2 Å². The molecule has 0 fully saturated rings. The predicted octanol–water partition coefficient (Wildman–Crippen LogP) is 4.31. The zero-order valence-electron chi connectivity index (χ0n) is 14.5. The minimum Gasteiger partial charge on any atom is -0.494 e. The highest BCUT2D eigenvalue weighted by atomic mass is 32.2. The molecule has 0 aliphatic rings. The van der Waals surface area contributed by atoms with Gasteiger partial charge in [-0.15, -0.1) is 11.8 Å². The van der Waals surface area contributed by atoms with E-state index in [0.29, 0.717) is 29.7 Å². The first kappa shape index (κ1) is 19.2. The van der Waals surface area contributed by atoms with Gasteiger partial charge in [0.2, 0.25) is 0 Å². The van der Waals surface area contributed by atoms with Crippen molar-refractivity contribution >= 4 is 17.7 Å². The second-order valence-electron chi connectivity index (χ2n) is 5.79. The molecule has 1 N–H and O–H groups in total. The number of nitrogens with one attached hydrogen (secondary N) is 1. The van der Waals surface area contributed by atoms with E-state index in [1.807, 2.05) is 0 Å². The monoisotopic (exact) mass is 362 g/mol. The lowest BCUT2D eigenvalue weighted by molar-refractivity contribution is 0.0948. The van der Waals surface area contributed by atoms with Crippen molar-refractivity contribution in [3.8, 4) is 5.75 Å². The van der Waals surface area contributed by atoms with Crippen molar-refractivity contribution < 1.29 is 13.9 Å². The molecule has 0 unspecified atom stereocenters. The molecule has 0 aliphatic carbocycles. The lowest BCUT2D eigenvalue weighted by Crippen LogP contribution is -2.25. The number of pyridine rings is 1. The van der Waals surface area contributed by atoms with Crippen LogP contribution < -0.4 is 10.1 Å². The second-order valence-corrected chi connectivity index (χ2v) is 7.35. The van der Waals surface area contributed by atoms with E-state index in [9.17, 15) is 9.18 Å². The number of thioether (sulfide) groups is 1. The van der Waals surface area contributed by atoms with Crippen LogP contribution in [-0.4, -0.2) is 29.3 Å². The maximum absolute atomic E-state index is 12.8. The molecular weight excluding hydrogens is 339 g/mol. The summed E-state index contributed by atoms with van der Waals surface area (Å²) < 4.78 is 18.3. The number of unbranched alkanes of at least 4 members (excludes halogenated alkanes) is 1. The number of carbonyl (C=O) groups excluding carboxylic acids is 1. The Morgan fingerprint density at radius 2 is 2.00 bits per heavy atom. The van der Waals surface area contributed by atoms with Gasteiger partial charge in [0.15, 0.2) is 0 Å². The van der Waals surface area contributed by atoms with E-state index in [4.69, 9.17) is 4.74 Å². The van der Waals surface area contributed by atoms with Crippen LogP contribution in [0, 0.1) is 5.82 Å². The van der Waals surface area contributed by atoms with Crippen LogP contribution in [0.5, 0.6) is 5.75 Å². The number of benzene rings is 1. The maximum Gasteiger partial charge on any atom is 0.254 e. The van der Waals surface area contributed by atoms with Crippen LogP contribution in [0.1, 0.15) is 37.0 Å². The van der Waals surface area contributed by atoms with Gasteiger partial charge in [0, 0.05) is 18.0 Å². The van der Waals surface area contributed by atoms with Gasteiger partial charge in [0.1, 0.15) is 16.6 Å². The molecule has 1 aromatic heterocycles. The van der Waals surface area contributed by atoms with Gasteiger partial charge in [0.25, 0.3) is 5.91 Å². The van der Waals surface area contributed by atoms with Crippen LogP contribution in [0.25, 0.3) is 0 Å². The SMILES string of the molecule is CC(C)Sc1ncccc1C(=O)NCCCCOc1ccc(F)cc1. The Hall–Kier alpha value is -2.08. The van der Waals surface area contributed by atoms with Crippen LogP contribution in [0.15, 0.2) is 47.6 Å². The molecule has 25 heavy (non-hydrogen) atoms. The third-order valence-electron chi connectivity index (χ3n) is 3.30. The Balaban J connectivity index is 1.69. The van der Waals surface area contributed by atoms with Crippen molar-refractivity contribution in [1.29, 1.82) is 0 Å². The molecule has 2 rings (SSSR count). The molecule has 0 saturated heterocycles. The van der Waals surface area contributed by atoms with Crippen LogP contribution in [0.4, 0.5) is 4.39 Å². The summed E-state index contributed by atoms with van der Waals surface area (Å²) in [6, 6.07) is 9.52. The van der Waals surface area contributed by atoms with E-state index in [0.717, 1.165) is 17.9 Å². The highest BCUT2D eigenvalue weighted by molar-refractivity contribution is 7.99. The lowest BCUT2D eigenvalue weighted by atomic mass is 10.2. The molecule has 0 radical (unpaired) electrons. The normalized spacial score (nSPS) is 10.7. The predicted molar refractivity (Wildman–Crippen MR) is 98.7 cm³/mol. The Bertz CT molecular complexity index is 677. The Morgan fingerprint density at radius 3 is 2.72 bits per heavy atom. The molecule has 2 aromatic rings. The summed E-state index contributed by atoms with van der Waals surface area (Å²) in [4.78, 5) is 16.6. The lowest BCUT2D eigenvalue weighted by Gasteiger charge is -2.10. The Morgan fingerprint density at radius 1 is 1.24 bits per heavy atom. The van der Waals surface area contributed by atoms with Gasteiger partial charge in [0.05, 0.1) is 12.2 Å². The molecule has 0 atom stereocenters. The molecule has 0 saturated carbocycles. The summed E-state index contributed by atoms with van der Waals surface area (Å²) in [5, 5.41) is 4.05. The first-order valence-electron chi connectivity index (χ1n) is 8.34. The van der Waals surface area contributed by atoms with E-state index in [2.05, 4.69) is 24.1 Å². The maximum atomic E-state index is 12.8. The van der Waals surface area contributed by atoms with E-state index in [-0.39, 0.29) is 11.7 Å². The van der Waals surface area contributed by atoms with Crippen molar-refractivity contribution in [2.75, 3.05) is 13.2 Å². The number of hydrogen-bond donors (Lipinski definition) is 1. The highest BCUT2D eigenvalue weighted by Crippen LogP contribution is 2.24. The van der Waals surface area contributed by atoms with Crippen LogP contribution in [0.3, 0.4) is 0 Å². The van der Waals surface area contributed by atoms with Crippen LogP contribution in [-0.2, 0) is 0 Å². The second kappa shape index (κ2) is 10.0. The first-order valence-corrected chi connectivity index (χ1v) is 9.22. The summed E-state index contributed by atoms with van der Waals surface area (Å²) in [5.41, 5.74) is 0.615. The third kappa shape index (κ3) is 6.74. The van der Waals surface area contributed by atoms with Crippen LogP contribution in [0.2, 0.25) is 0 Å². The molecule has 0 spiro atoms. The van der Waals surface area contributed by atoms with Crippen molar-refractivity contribution in [2.24, 2.45) is 0 Å². The number of nitrogens with zero attached hydrogens (tertiary/aromatic N) is 1. The first-order chi connectivity index (χ1) is 12.1. The smallest absolute Gasteiger partial charge is 0.254 e. The van der Waals surface area contributed by atoms with Gasteiger partial charge >= 0.3 is 0 Å². The summed E-state index contributed by atoms with van der Waals surface area (Å²) in [7, 11) is 0. The van der Waals surface area contributed by atoms with Crippen molar-refractivity contribution in [3.05, 3.63) is 54.0 Å². The van der Waals surface area contributed by atoms with Crippen molar-refractivity contribution in [1.82, 2.24) is 10.3 Å². The van der Waals surface area contributed by atoms with E-state index < -0.39 is 0 Å². The minimum atomic E-state index is -0.277. The summed E-state index contributed by atoms with van der Waals surface area (Å²) in [5.74, 6) is 0.271. The molecule has 1 aromatic carbocycles. The minimum absolute atomic E-state index is 0.101. The zero-order valence-corrected chi connectivity index (χ0v) is 15.3. The fourth-order valence-corrected chi connectivity index (χ4v) is 2.98. The number of hydrogen-bond acceptors (Lipinski definition) is 4. The highest BCUT2D eigenvalue weighted by Gasteiger charge is 2.13. The van der Waals surface area contributed by atoms with Gasteiger partial charge < -0.3 is 10.1 Å². The van der Waals surface area contributed by atoms with Gasteiger partial charge in [-0.3, -0.25) is 4.79 Å². The summed E-state index contributed by atoms with van der Waals surface area (Å²) in [6.07, 6.45) is 3.31. The van der Waals surface area contributed by atoms with E-state index in [1.54, 1.807) is 42.2 Å². The molecule has 1 amide bonds. The Labute approximate surface area is 152 Å². The van der Waals surface area contributed by atoms with E-state index in [1.165, 1.54) is 12.1 Å². The number of halogens is 1. The molecule has 4 nitrogen and oxygen atoms in total. The fraction of sp³-hybridized carbons (Fsp3) is 0.368. The summed E-state index contributed by atoms with van der Waals surface area (Å²) >= 11 is 1.58. The number of carbonyl (C=O) groups is 1. The van der Waals surface area contributed by atoms with Crippen molar-refractivity contribution in [3.63, 3.8) is 0 Å².